The number of amides is 3. The maximum atomic E-state index is 14.2. The quantitative estimate of drug-likeness (QED) is 0.158. The number of nitrogens with one attached hydrogen (secondary N) is 4. The first-order valence-corrected chi connectivity index (χ1v) is 17.0. The first-order chi connectivity index (χ1) is 23.6. The monoisotopic (exact) mass is 688 g/mol. The highest BCUT2D eigenvalue weighted by Gasteiger charge is 2.40. The summed E-state index contributed by atoms with van der Waals surface area (Å²) in [6.45, 7) is 10.9. The van der Waals surface area contributed by atoms with E-state index in [9.17, 15) is 24.6 Å². The molecule has 0 fully saturated rings. The average Bonchev–Trinajstić information content (AvgIpc) is 3.37. The Morgan fingerprint density at radius 2 is 1.48 bits per heavy atom. The van der Waals surface area contributed by atoms with Crippen LogP contribution in [-0.4, -0.2) is 71.2 Å². The van der Waals surface area contributed by atoms with Gasteiger partial charge in [0.15, 0.2) is 0 Å². The zero-order chi connectivity index (χ0) is 36.6. The highest BCUT2D eigenvalue weighted by Crippen LogP contribution is 2.31. The molecule has 1 aliphatic rings. The summed E-state index contributed by atoms with van der Waals surface area (Å²) in [6, 6.07) is 20.2. The lowest BCUT2D eigenvalue weighted by Crippen LogP contribution is -2.62. The van der Waals surface area contributed by atoms with Crippen molar-refractivity contribution in [3.63, 3.8) is 0 Å². The molecule has 11 heteroatoms. The second kappa shape index (κ2) is 16.5. The van der Waals surface area contributed by atoms with Gasteiger partial charge >= 0.3 is 6.09 Å². The Balaban J connectivity index is 1.65. The third-order valence-electron chi connectivity index (χ3n) is 8.64. The van der Waals surface area contributed by atoms with E-state index in [4.69, 9.17) is 9.47 Å². The van der Waals surface area contributed by atoms with Crippen LogP contribution in [0.1, 0.15) is 69.8 Å². The Morgan fingerprint density at radius 3 is 2.10 bits per heavy atom. The fourth-order valence-corrected chi connectivity index (χ4v) is 6.05. The molecule has 0 spiro atoms. The smallest absolute Gasteiger partial charge is 0.408 e. The van der Waals surface area contributed by atoms with Crippen LogP contribution in [0.5, 0.6) is 5.75 Å². The number of fused-ring (bicyclic) bond motifs is 1. The molecule has 3 aromatic carbocycles. The Hall–Kier alpha value is -4.45. The van der Waals surface area contributed by atoms with Gasteiger partial charge in [-0.15, -0.1) is 0 Å². The molecule has 270 valence electrons. The van der Waals surface area contributed by atoms with E-state index < -0.39 is 65.3 Å². The van der Waals surface area contributed by atoms with Crippen molar-refractivity contribution in [1.82, 2.24) is 21.3 Å². The lowest BCUT2D eigenvalue weighted by molar-refractivity contribution is -0.131. The van der Waals surface area contributed by atoms with Crippen LogP contribution in [0.25, 0.3) is 0 Å². The van der Waals surface area contributed by atoms with Crippen LogP contribution < -0.4 is 26.0 Å². The lowest BCUT2D eigenvalue weighted by atomic mass is 9.85. The van der Waals surface area contributed by atoms with Crippen molar-refractivity contribution in [2.24, 2.45) is 5.41 Å². The van der Waals surface area contributed by atoms with Crippen LogP contribution in [0.3, 0.4) is 0 Å². The molecule has 3 amide bonds. The maximum Gasteiger partial charge on any atom is 0.408 e. The van der Waals surface area contributed by atoms with Crippen LogP contribution in [0.2, 0.25) is 0 Å². The van der Waals surface area contributed by atoms with E-state index in [1.165, 1.54) is 0 Å². The zero-order valence-corrected chi connectivity index (χ0v) is 30.0. The number of carbonyl (C=O) groups excluding carboxylic acids is 3. The van der Waals surface area contributed by atoms with Gasteiger partial charge in [-0.05, 0) is 67.0 Å². The summed E-state index contributed by atoms with van der Waals surface area (Å²) < 4.78 is 10.7. The van der Waals surface area contributed by atoms with Gasteiger partial charge in [0.25, 0.3) is 0 Å². The second-order valence-electron chi connectivity index (χ2n) is 14.9. The Morgan fingerprint density at radius 1 is 0.840 bits per heavy atom. The number of rotatable bonds is 13. The largest absolute Gasteiger partial charge is 0.497 e. The first kappa shape index (κ1) is 38.4. The SMILES string of the molecule is COc1ccc(CNC(C(=O)NC2c3ccccc3CC2O)C(O)C(Cc2ccccc2)NC(=O)[C@@H](NC(=O)OC(C)(C)C)C(C)(C)C)cc1. The third kappa shape index (κ3) is 10.5. The number of ether oxygens (including phenoxy) is 2. The number of carbonyl (C=O) groups is 3. The van der Waals surface area contributed by atoms with Crippen LogP contribution in [-0.2, 0) is 33.7 Å². The topological polar surface area (TPSA) is 158 Å². The van der Waals surface area contributed by atoms with Gasteiger partial charge in [-0.1, -0.05) is 87.5 Å². The molecular weight excluding hydrogens is 636 g/mol. The lowest BCUT2D eigenvalue weighted by Gasteiger charge is -2.35. The molecule has 6 atom stereocenters. The predicted octanol–water partition coefficient (Wildman–Crippen LogP) is 3.96. The van der Waals surface area contributed by atoms with Crippen molar-refractivity contribution in [3.8, 4) is 5.75 Å². The van der Waals surface area contributed by atoms with Crippen molar-refractivity contribution in [2.45, 2.75) is 103 Å². The standard InChI is InChI=1S/C39H52N4O7/c1-38(2,3)34(43-37(48)50-39(4,5)6)36(47)41-29(21-24-13-9-8-10-14-24)33(45)32(40-23-25-17-19-27(49-7)20-18-25)35(46)42-31-28-16-12-11-15-26(28)22-30(31)44/h8-20,29-34,40,44-45H,21-23H2,1-7H3,(H,41,47)(H,42,46)(H,43,48)/t29?,30?,31?,32?,33?,34-/m1/s1. The van der Waals surface area contributed by atoms with Gasteiger partial charge in [-0.25, -0.2) is 4.79 Å². The van der Waals surface area contributed by atoms with Crippen LogP contribution in [0.15, 0.2) is 78.9 Å². The van der Waals surface area contributed by atoms with Gasteiger partial charge < -0.3 is 35.6 Å². The van der Waals surface area contributed by atoms with Crippen LogP contribution >= 0.6 is 0 Å². The first-order valence-electron chi connectivity index (χ1n) is 17.0. The minimum atomic E-state index is -1.45. The molecule has 50 heavy (non-hydrogen) atoms. The van der Waals surface area contributed by atoms with Crippen molar-refractivity contribution >= 4 is 17.9 Å². The molecule has 0 aromatic heterocycles. The van der Waals surface area contributed by atoms with Crippen LogP contribution in [0, 0.1) is 5.41 Å². The molecule has 0 saturated heterocycles. The number of benzene rings is 3. The van der Waals surface area contributed by atoms with Crippen LogP contribution in [0.4, 0.5) is 4.79 Å². The van der Waals surface area contributed by atoms with Gasteiger partial charge in [-0.3, -0.25) is 14.9 Å². The van der Waals surface area contributed by atoms with E-state index in [2.05, 4.69) is 21.3 Å². The fourth-order valence-electron chi connectivity index (χ4n) is 6.05. The molecule has 0 aliphatic heterocycles. The average molecular weight is 689 g/mol. The van der Waals surface area contributed by atoms with Crippen molar-refractivity contribution in [1.29, 1.82) is 0 Å². The van der Waals surface area contributed by atoms with Crippen molar-refractivity contribution in [3.05, 3.63) is 101 Å². The molecule has 0 saturated carbocycles. The Bertz CT molecular complexity index is 1580. The maximum absolute atomic E-state index is 14.2. The van der Waals surface area contributed by atoms with E-state index in [1.54, 1.807) is 40.0 Å². The normalized spacial score (nSPS) is 18.2. The summed E-state index contributed by atoms with van der Waals surface area (Å²) in [5.74, 6) is -0.410. The minimum absolute atomic E-state index is 0.180. The van der Waals surface area contributed by atoms with E-state index in [1.807, 2.05) is 87.5 Å². The molecule has 3 aromatic rings. The molecule has 6 N–H and O–H groups in total. The summed E-state index contributed by atoms with van der Waals surface area (Å²) in [6.07, 6.45) is -2.48. The minimum Gasteiger partial charge on any atom is -0.497 e. The van der Waals surface area contributed by atoms with E-state index >= 15 is 0 Å². The van der Waals surface area contributed by atoms with Gasteiger partial charge in [0.1, 0.15) is 23.4 Å². The van der Waals surface area contributed by atoms with Crippen molar-refractivity contribution in [2.75, 3.05) is 7.11 Å². The molecule has 11 nitrogen and oxygen atoms in total. The zero-order valence-electron chi connectivity index (χ0n) is 30.0. The van der Waals surface area contributed by atoms with Crippen molar-refractivity contribution < 1.29 is 34.1 Å². The molecular formula is C39H52N4O7. The Kier molecular flexibility index (Phi) is 12.7. The number of hydrogen-bond acceptors (Lipinski definition) is 8. The van der Waals surface area contributed by atoms with E-state index in [0.717, 1.165) is 22.3 Å². The summed E-state index contributed by atoms with van der Waals surface area (Å²) >= 11 is 0. The third-order valence-corrected chi connectivity index (χ3v) is 8.64. The Labute approximate surface area is 295 Å². The number of aliphatic hydroxyl groups is 2. The molecule has 0 bridgehead atoms. The number of methoxy groups -OCH3 is 1. The molecule has 0 heterocycles. The molecule has 0 radical (unpaired) electrons. The molecule has 4 rings (SSSR count). The van der Waals surface area contributed by atoms with E-state index in [-0.39, 0.29) is 13.0 Å². The highest BCUT2D eigenvalue weighted by molar-refractivity contribution is 5.87. The van der Waals surface area contributed by atoms with Gasteiger partial charge in [0.2, 0.25) is 11.8 Å². The molecule has 1 aliphatic carbocycles. The predicted molar refractivity (Wildman–Crippen MR) is 191 cm³/mol. The summed E-state index contributed by atoms with van der Waals surface area (Å²) in [4.78, 5) is 41.0. The number of aliphatic hydroxyl groups excluding tert-OH is 2. The van der Waals surface area contributed by atoms with Gasteiger partial charge in [0.05, 0.1) is 31.4 Å². The second-order valence-corrected chi connectivity index (χ2v) is 14.9. The summed E-state index contributed by atoms with van der Waals surface area (Å²) in [5, 5.41) is 34.9. The number of hydrogen-bond donors (Lipinski definition) is 6. The fraction of sp³-hybridized carbons (Fsp3) is 0.462. The number of alkyl carbamates (subject to hydrolysis) is 1. The van der Waals surface area contributed by atoms with Gasteiger partial charge in [0, 0.05) is 13.0 Å². The van der Waals surface area contributed by atoms with Gasteiger partial charge in [-0.2, -0.15) is 0 Å². The van der Waals surface area contributed by atoms with E-state index in [0.29, 0.717) is 12.2 Å². The summed E-state index contributed by atoms with van der Waals surface area (Å²) in [5.41, 5.74) is 1.89. The molecule has 5 unspecified atom stereocenters. The summed E-state index contributed by atoms with van der Waals surface area (Å²) in [7, 11) is 1.58. The highest BCUT2D eigenvalue weighted by atomic mass is 16.6.